The summed E-state index contributed by atoms with van der Waals surface area (Å²) in [6.45, 7) is 0.474. The summed E-state index contributed by atoms with van der Waals surface area (Å²) in [5.74, 6) is -0.162. The van der Waals surface area contributed by atoms with E-state index in [9.17, 15) is 9.59 Å². The lowest BCUT2D eigenvalue weighted by Crippen LogP contribution is -2.31. The number of thioether (sulfide) groups is 1. The molecule has 1 aliphatic rings. The van der Waals surface area contributed by atoms with Gasteiger partial charge in [-0.25, -0.2) is 4.79 Å². The highest BCUT2D eigenvalue weighted by Crippen LogP contribution is 2.40. The fourth-order valence-electron chi connectivity index (χ4n) is 2.74. The topological polar surface area (TPSA) is 57.6 Å². The molecule has 0 radical (unpaired) electrons. The number of aromatic carboxylic acids is 1. The van der Waals surface area contributed by atoms with Crippen molar-refractivity contribution in [2.24, 2.45) is 0 Å². The lowest BCUT2D eigenvalue weighted by Gasteiger charge is -2.21. The van der Waals surface area contributed by atoms with Gasteiger partial charge in [-0.3, -0.25) is 4.79 Å². The Morgan fingerprint density at radius 3 is 2.57 bits per heavy atom. The van der Waals surface area contributed by atoms with Crippen molar-refractivity contribution in [1.82, 2.24) is 4.90 Å². The van der Waals surface area contributed by atoms with Crippen molar-refractivity contribution in [3.05, 3.63) is 65.2 Å². The Kier molecular flexibility index (Phi) is 4.39. The minimum Gasteiger partial charge on any atom is -0.478 e. The molecule has 1 heterocycles. The SMILES string of the molecule is CN(Cc1ccc(C(=O)O)cc1)C(=O)C1CSc2ccccc21. The maximum absolute atomic E-state index is 12.7. The summed E-state index contributed by atoms with van der Waals surface area (Å²) in [4.78, 5) is 26.5. The van der Waals surface area contributed by atoms with Gasteiger partial charge in [-0.2, -0.15) is 0 Å². The third kappa shape index (κ3) is 3.24. The van der Waals surface area contributed by atoms with E-state index in [1.54, 1.807) is 48.0 Å². The van der Waals surface area contributed by atoms with E-state index >= 15 is 0 Å². The molecule has 23 heavy (non-hydrogen) atoms. The number of carboxylic acid groups (broad SMARTS) is 1. The van der Waals surface area contributed by atoms with E-state index in [1.807, 2.05) is 18.2 Å². The highest BCUT2D eigenvalue weighted by Gasteiger charge is 2.30. The first-order valence-electron chi connectivity index (χ1n) is 7.35. The van der Waals surface area contributed by atoms with Crippen molar-refractivity contribution in [1.29, 1.82) is 0 Å². The fourth-order valence-corrected chi connectivity index (χ4v) is 3.96. The first-order valence-corrected chi connectivity index (χ1v) is 8.34. The number of nitrogens with zero attached hydrogens (tertiary/aromatic N) is 1. The lowest BCUT2D eigenvalue weighted by molar-refractivity contribution is -0.131. The van der Waals surface area contributed by atoms with Crippen molar-refractivity contribution < 1.29 is 14.7 Å². The highest BCUT2D eigenvalue weighted by atomic mass is 32.2. The van der Waals surface area contributed by atoms with Crippen LogP contribution in [0.1, 0.15) is 27.4 Å². The molecule has 1 amide bonds. The number of carboxylic acids is 1. The van der Waals surface area contributed by atoms with Gasteiger partial charge in [0, 0.05) is 24.2 Å². The summed E-state index contributed by atoms with van der Waals surface area (Å²) in [5, 5.41) is 8.92. The minimum absolute atomic E-state index is 0.0977. The number of hydrogen-bond donors (Lipinski definition) is 1. The van der Waals surface area contributed by atoms with Crippen molar-refractivity contribution >= 4 is 23.6 Å². The van der Waals surface area contributed by atoms with Crippen LogP contribution in [0.15, 0.2) is 53.4 Å². The van der Waals surface area contributed by atoms with Crippen LogP contribution in [-0.4, -0.2) is 34.7 Å². The van der Waals surface area contributed by atoms with Gasteiger partial charge in [-0.15, -0.1) is 11.8 Å². The average molecular weight is 327 g/mol. The maximum atomic E-state index is 12.7. The van der Waals surface area contributed by atoms with E-state index < -0.39 is 5.97 Å². The summed E-state index contributed by atoms with van der Waals surface area (Å²) in [6, 6.07) is 14.7. The molecule has 3 rings (SSSR count). The molecule has 2 aromatic carbocycles. The molecule has 0 aliphatic carbocycles. The zero-order chi connectivity index (χ0) is 16.4. The Balaban J connectivity index is 1.70. The second-order valence-electron chi connectivity index (χ2n) is 5.60. The zero-order valence-electron chi connectivity index (χ0n) is 12.7. The van der Waals surface area contributed by atoms with Crippen LogP contribution < -0.4 is 0 Å². The molecule has 0 saturated heterocycles. The van der Waals surface area contributed by atoms with Crippen molar-refractivity contribution in [3.63, 3.8) is 0 Å². The summed E-state index contributed by atoms with van der Waals surface area (Å²) in [5.41, 5.74) is 2.28. The number of fused-ring (bicyclic) bond motifs is 1. The lowest BCUT2D eigenvalue weighted by atomic mass is 10.00. The predicted molar refractivity (Wildman–Crippen MR) is 89.8 cm³/mol. The van der Waals surface area contributed by atoms with Gasteiger partial charge in [0.1, 0.15) is 0 Å². The summed E-state index contributed by atoms with van der Waals surface area (Å²) >= 11 is 1.72. The number of carbonyl (C=O) groups excluding carboxylic acids is 1. The summed E-state index contributed by atoms with van der Waals surface area (Å²) in [6.07, 6.45) is 0. The van der Waals surface area contributed by atoms with Gasteiger partial charge in [0.2, 0.25) is 5.91 Å². The van der Waals surface area contributed by atoms with Crippen molar-refractivity contribution in [2.75, 3.05) is 12.8 Å². The predicted octanol–water partition coefficient (Wildman–Crippen LogP) is 3.23. The first-order chi connectivity index (χ1) is 11.1. The third-order valence-corrected chi connectivity index (χ3v) is 5.18. The van der Waals surface area contributed by atoms with E-state index in [0.717, 1.165) is 16.9 Å². The monoisotopic (exact) mass is 327 g/mol. The Hall–Kier alpha value is -2.27. The molecule has 118 valence electrons. The van der Waals surface area contributed by atoms with Crippen LogP contribution in [0.25, 0.3) is 0 Å². The van der Waals surface area contributed by atoms with Crippen LogP contribution in [0, 0.1) is 0 Å². The number of hydrogen-bond acceptors (Lipinski definition) is 3. The van der Waals surface area contributed by atoms with Crippen molar-refractivity contribution in [2.45, 2.75) is 17.4 Å². The van der Waals surface area contributed by atoms with E-state index in [1.165, 1.54) is 4.90 Å². The third-order valence-electron chi connectivity index (χ3n) is 3.99. The van der Waals surface area contributed by atoms with Crippen LogP contribution in [0.5, 0.6) is 0 Å². The van der Waals surface area contributed by atoms with Crippen molar-refractivity contribution in [3.8, 4) is 0 Å². The molecule has 1 atom stereocenters. The quantitative estimate of drug-likeness (QED) is 0.937. The second-order valence-corrected chi connectivity index (χ2v) is 6.66. The molecule has 4 nitrogen and oxygen atoms in total. The molecule has 0 spiro atoms. The molecule has 2 aromatic rings. The molecule has 0 bridgehead atoms. The smallest absolute Gasteiger partial charge is 0.335 e. The molecule has 5 heteroatoms. The average Bonchev–Trinajstić information content (AvgIpc) is 2.98. The van der Waals surface area contributed by atoms with Crippen LogP contribution in [0.4, 0.5) is 0 Å². The molecule has 0 fully saturated rings. The largest absolute Gasteiger partial charge is 0.478 e. The molecule has 1 unspecified atom stereocenters. The molecule has 1 aliphatic heterocycles. The Labute approximate surface area is 139 Å². The van der Waals surface area contributed by atoms with Crippen LogP contribution in [0.2, 0.25) is 0 Å². The Bertz CT molecular complexity index is 742. The van der Waals surface area contributed by atoms with E-state index in [2.05, 4.69) is 6.07 Å². The van der Waals surface area contributed by atoms with Crippen LogP contribution >= 0.6 is 11.8 Å². The maximum Gasteiger partial charge on any atom is 0.335 e. The number of amides is 1. The molecule has 1 N–H and O–H groups in total. The number of rotatable bonds is 4. The molecular weight excluding hydrogens is 310 g/mol. The van der Waals surface area contributed by atoms with E-state index in [4.69, 9.17) is 5.11 Å². The van der Waals surface area contributed by atoms with Gasteiger partial charge in [0.15, 0.2) is 0 Å². The summed E-state index contributed by atoms with van der Waals surface area (Å²) in [7, 11) is 1.79. The number of likely N-dealkylation sites (N-methyl/N-ethyl adjacent to an activating group) is 1. The standard InChI is InChI=1S/C18H17NO3S/c1-19(10-12-6-8-13(9-7-12)18(21)22)17(20)15-11-23-16-5-3-2-4-14(15)16/h2-9,15H,10-11H2,1H3,(H,21,22). The fraction of sp³-hybridized carbons (Fsp3) is 0.222. The van der Waals surface area contributed by atoms with Gasteiger partial charge in [-0.1, -0.05) is 30.3 Å². The minimum atomic E-state index is -0.944. The molecular formula is C18H17NO3S. The van der Waals surface area contributed by atoms with Gasteiger partial charge in [0.25, 0.3) is 0 Å². The number of benzene rings is 2. The first kappa shape index (κ1) is 15.6. The molecule has 0 aromatic heterocycles. The van der Waals surface area contributed by atoms with Gasteiger partial charge in [0.05, 0.1) is 11.5 Å². The Morgan fingerprint density at radius 1 is 1.17 bits per heavy atom. The second kappa shape index (κ2) is 6.46. The van der Waals surface area contributed by atoms with Crippen LogP contribution in [-0.2, 0) is 11.3 Å². The van der Waals surface area contributed by atoms with Gasteiger partial charge in [-0.05, 0) is 29.3 Å². The molecule has 0 saturated carbocycles. The van der Waals surface area contributed by atoms with Gasteiger partial charge >= 0.3 is 5.97 Å². The van der Waals surface area contributed by atoms with E-state index in [0.29, 0.717) is 6.54 Å². The van der Waals surface area contributed by atoms with Gasteiger partial charge < -0.3 is 10.0 Å². The summed E-state index contributed by atoms with van der Waals surface area (Å²) < 4.78 is 0. The zero-order valence-corrected chi connectivity index (χ0v) is 13.5. The highest BCUT2D eigenvalue weighted by molar-refractivity contribution is 7.99. The Morgan fingerprint density at radius 2 is 1.87 bits per heavy atom. The van der Waals surface area contributed by atoms with E-state index in [-0.39, 0.29) is 17.4 Å². The van der Waals surface area contributed by atoms with Crippen LogP contribution in [0.3, 0.4) is 0 Å². The normalized spacial score (nSPS) is 16.0. The number of carbonyl (C=O) groups is 2.